The summed E-state index contributed by atoms with van der Waals surface area (Å²) in [4.78, 5) is 4.65. The van der Waals surface area contributed by atoms with Crippen LogP contribution in [0.4, 0.5) is 10.1 Å². The van der Waals surface area contributed by atoms with Gasteiger partial charge in [0.2, 0.25) is 0 Å². The van der Waals surface area contributed by atoms with Crippen molar-refractivity contribution in [1.82, 2.24) is 0 Å². The summed E-state index contributed by atoms with van der Waals surface area (Å²) in [5.74, 6) is 1.35. The van der Waals surface area contributed by atoms with Crippen molar-refractivity contribution in [2.75, 3.05) is 11.1 Å². The second-order valence-corrected chi connectivity index (χ2v) is 6.07. The number of halogens is 1. The predicted molar refractivity (Wildman–Crippen MR) is 77.9 cm³/mol. The van der Waals surface area contributed by atoms with Crippen LogP contribution in [0.3, 0.4) is 0 Å². The molecule has 0 amide bonds. The van der Waals surface area contributed by atoms with Crippen molar-refractivity contribution in [2.24, 2.45) is 10.9 Å². The number of aliphatic imine (C=N–C) groups is 1. The van der Waals surface area contributed by atoms with Gasteiger partial charge in [0.25, 0.3) is 0 Å². The van der Waals surface area contributed by atoms with E-state index < -0.39 is 0 Å². The van der Waals surface area contributed by atoms with Crippen molar-refractivity contribution in [1.29, 1.82) is 0 Å². The molecule has 4 heteroatoms. The van der Waals surface area contributed by atoms with Crippen LogP contribution in [-0.2, 0) is 0 Å². The lowest BCUT2D eigenvalue weighted by Gasteiger charge is -2.23. The molecule has 1 heterocycles. The molecule has 98 valence electrons. The lowest BCUT2D eigenvalue weighted by molar-refractivity contribution is 0.485. The highest BCUT2D eigenvalue weighted by Crippen LogP contribution is 2.25. The largest absolute Gasteiger partial charge is 0.333 e. The molecule has 1 atom stereocenters. The van der Waals surface area contributed by atoms with Crippen molar-refractivity contribution in [3.63, 3.8) is 0 Å². The minimum absolute atomic E-state index is 0.226. The number of rotatable bonds is 2. The Kier molecular flexibility index (Phi) is 4.27. The molecule has 2 rings (SSSR count). The molecular formula is C14H19FN2S. The molecule has 1 unspecified atom stereocenters. The zero-order chi connectivity index (χ0) is 13.1. The van der Waals surface area contributed by atoms with E-state index in [4.69, 9.17) is 0 Å². The second-order valence-electron chi connectivity index (χ2n) is 4.99. The number of hydrogen-bond acceptors (Lipinski definition) is 3. The highest BCUT2D eigenvalue weighted by Gasteiger charge is 2.19. The van der Waals surface area contributed by atoms with E-state index in [1.54, 1.807) is 17.8 Å². The average Bonchev–Trinajstić information content (AvgIpc) is 2.34. The summed E-state index contributed by atoms with van der Waals surface area (Å²) in [5, 5.41) is 3.95. The Morgan fingerprint density at radius 3 is 2.94 bits per heavy atom. The molecule has 0 aromatic heterocycles. The minimum Gasteiger partial charge on any atom is -0.333 e. The third-order valence-electron chi connectivity index (χ3n) is 3.07. The first kappa shape index (κ1) is 13.4. The number of nitrogens with one attached hydrogen (secondary N) is 1. The summed E-state index contributed by atoms with van der Waals surface area (Å²) in [5.41, 5.74) is 1.56. The van der Waals surface area contributed by atoms with Gasteiger partial charge in [0.05, 0.1) is 11.7 Å². The Labute approximate surface area is 112 Å². The third-order valence-corrected chi connectivity index (χ3v) is 3.99. The van der Waals surface area contributed by atoms with Crippen molar-refractivity contribution in [2.45, 2.75) is 33.2 Å². The summed E-state index contributed by atoms with van der Waals surface area (Å²) < 4.78 is 13.7. The Morgan fingerprint density at radius 1 is 1.44 bits per heavy atom. The molecule has 1 N–H and O–H groups in total. The Hall–Kier alpha value is -1.03. The van der Waals surface area contributed by atoms with Gasteiger partial charge in [-0.3, -0.25) is 4.99 Å². The van der Waals surface area contributed by atoms with Crippen LogP contribution in [0.5, 0.6) is 0 Å². The van der Waals surface area contributed by atoms with E-state index in [1.165, 1.54) is 6.07 Å². The Morgan fingerprint density at radius 2 is 2.22 bits per heavy atom. The number of nitrogens with zero attached hydrogens (tertiary/aromatic N) is 1. The van der Waals surface area contributed by atoms with Gasteiger partial charge in [-0.15, -0.1) is 0 Å². The summed E-state index contributed by atoms with van der Waals surface area (Å²) in [7, 11) is 0. The molecule has 0 radical (unpaired) electrons. The fraction of sp³-hybridized carbons (Fsp3) is 0.500. The summed E-state index contributed by atoms with van der Waals surface area (Å²) in [6, 6.07) is 5.43. The highest BCUT2D eigenvalue weighted by atomic mass is 32.2. The van der Waals surface area contributed by atoms with Gasteiger partial charge in [-0.25, -0.2) is 4.39 Å². The van der Waals surface area contributed by atoms with Gasteiger partial charge in [0, 0.05) is 5.75 Å². The maximum Gasteiger partial charge on any atom is 0.161 e. The van der Waals surface area contributed by atoms with Crippen molar-refractivity contribution in [3.8, 4) is 0 Å². The molecular weight excluding hydrogens is 247 g/mol. The molecule has 1 aromatic rings. The summed E-state index contributed by atoms with van der Waals surface area (Å²) in [6.45, 7) is 6.31. The van der Waals surface area contributed by atoms with Gasteiger partial charge in [-0.1, -0.05) is 31.7 Å². The first-order chi connectivity index (χ1) is 8.56. The summed E-state index contributed by atoms with van der Waals surface area (Å²) >= 11 is 1.67. The van der Waals surface area contributed by atoms with Crippen LogP contribution in [0.2, 0.25) is 0 Å². The van der Waals surface area contributed by atoms with Gasteiger partial charge in [-0.05, 0) is 37.0 Å². The Balaban J connectivity index is 2.15. The summed E-state index contributed by atoms with van der Waals surface area (Å²) in [6.07, 6.45) is 1.10. The van der Waals surface area contributed by atoms with Crippen LogP contribution >= 0.6 is 11.8 Å². The standard InChI is InChI=1S/C14H19FN2S/c1-9(2)12-6-7-18-14(16-12)17-13-8-10(3)4-5-11(13)15/h4-5,8-9,12H,6-7H2,1-3H3,(H,16,17). The number of anilines is 1. The fourth-order valence-electron chi connectivity index (χ4n) is 1.93. The van der Waals surface area contributed by atoms with E-state index in [-0.39, 0.29) is 5.82 Å². The second kappa shape index (κ2) is 5.74. The molecule has 1 aromatic carbocycles. The Bertz CT molecular complexity index is 457. The molecule has 18 heavy (non-hydrogen) atoms. The fourth-order valence-corrected chi connectivity index (χ4v) is 2.87. The van der Waals surface area contributed by atoms with Crippen LogP contribution in [0.25, 0.3) is 0 Å². The average molecular weight is 266 g/mol. The number of thioether (sulfide) groups is 1. The van der Waals surface area contributed by atoms with Crippen LogP contribution in [-0.4, -0.2) is 17.0 Å². The van der Waals surface area contributed by atoms with E-state index in [9.17, 15) is 4.39 Å². The molecule has 2 nitrogen and oxygen atoms in total. The molecule has 1 aliphatic rings. The maximum absolute atomic E-state index is 13.7. The third kappa shape index (κ3) is 3.25. The van der Waals surface area contributed by atoms with Crippen molar-refractivity contribution >= 4 is 22.6 Å². The van der Waals surface area contributed by atoms with E-state index in [1.807, 2.05) is 13.0 Å². The van der Waals surface area contributed by atoms with Gasteiger partial charge < -0.3 is 5.32 Å². The first-order valence-corrected chi connectivity index (χ1v) is 7.28. The normalized spacial score (nSPS) is 19.8. The molecule has 0 fully saturated rings. The molecule has 0 saturated carbocycles. The van der Waals surface area contributed by atoms with E-state index >= 15 is 0 Å². The molecule has 1 aliphatic heterocycles. The first-order valence-electron chi connectivity index (χ1n) is 6.30. The molecule has 0 aliphatic carbocycles. The van der Waals surface area contributed by atoms with Gasteiger partial charge in [0.15, 0.2) is 5.17 Å². The van der Waals surface area contributed by atoms with Crippen LogP contribution < -0.4 is 5.32 Å². The number of aryl methyl sites for hydroxylation is 1. The lowest BCUT2D eigenvalue weighted by atomic mass is 10.0. The lowest BCUT2D eigenvalue weighted by Crippen LogP contribution is -2.24. The zero-order valence-corrected chi connectivity index (χ0v) is 11.9. The van der Waals surface area contributed by atoms with E-state index in [2.05, 4.69) is 24.2 Å². The topological polar surface area (TPSA) is 24.4 Å². The monoisotopic (exact) mass is 266 g/mol. The number of benzene rings is 1. The van der Waals surface area contributed by atoms with E-state index in [0.717, 1.165) is 22.9 Å². The molecule has 0 spiro atoms. The van der Waals surface area contributed by atoms with Gasteiger partial charge >= 0.3 is 0 Å². The van der Waals surface area contributed by atoms with E-state index in [0.29, 0.717) is 17.6 Å². The molecule has 0 saturated heterocycles. The van der Waals surface area contributed by atoms with Crippen LogP contribution in [0.15, 0.2) is 23.2 Å². The quantitative estimate of drug-likeness (QED) is 0.873. The van der Waals surface area contributed by atoms with Crippen LogP contribution in [0, 0.1) is 18.7 Å². The smallest absolute Gasteiger partial charge is 0.161 e. The zero-order valence-electron chi connectivity index (χ0n) is 11.0. The highest BCUT2D eigenvalue weighted by molar-refractivity contribution is 8.14. The predicted octanol–water partition coefficient (Wildman–Crippen LogP) is 4.06. The number of amidine groups is 1. The number of hydrogen-bond donors (Lipinski definition) is 1. The minimum atomic E-state index is -0.226. The van der Waals surface area contributed by atoms with Crippen molar-refractivity contribution in [3.05, 3.63) is 29.6 Å². The van der Waals surface area contributed by atoms with Crippen LogP contribution in [0.1, 0.15) is 25.8 Å². The van der Waals surface area contributed by atoms with Gasteiger partial charge in [-0.2, -0.15) is 0 Å². The SMILES string of the molecule is Cc1ccc(F)c(NC2=NC(C(C)C)CCS2)c1. The van der Waals surface area contributed by atoms with Gasteiger partial charge in [0.1, 0.15) is 5.82 Å². The van der Waals surface area contributed by atoms with Crippen molar-refractivity contribution < 1.29 is 4.39 Å². The molecule has 0 bridgehead atoms. The maximum atomic E-state index is 13.7.